The third-order valence-corrected chi connectivity index (χ3v) is 4.52. The van der Waals surface area contributed by atoms with Crippen LogP contribution in [0.5, 0.6) is 0 Å². The zero-order valence-electron chi connectivity index (χ0n) is 10.6. The van der Waals surface area contributed by atoms with Gasteiger partial charge in [0.1, 0.15) is 5.82 Å². The molecule has 19 heavy (non-hydrogen) atoms. The summed E-state index contributed by atoms with van der Waals surface area (Å²) in [4.78, 5) is -0.148. The number of rotatable bonds is 5. The van der Waals surface area contributed by atoms with Gasteiger partial charge in [0.15, 0.2) is 0 Å². The standard InChI is InChI=1S/C12H17FN2O3S/c1-2-18-11-6-10(7-11)15-19(16,17)12-4-8(13)3-9(14)5-12/h3-5,10-11,15H,2,6-7,14H2,1H3. The summed E-state index contributed by atoms with van der Waals surface area (Å²) in [5.41, 5.74) is 5.53. The molecule has 0 unspecified atom stereocenters. The van der Waals surface area contributed by atoms with Crippen molar-refractivity contribution in [2.24, 2.45) is 0 Å². The van der Waals surface area contributed by atoms with Crippen molar-refractivity contribution < 1.29 is 17.5 Å². The highest BCUT2D eigenvalue weighted by molar-refractivity contribution is 7.89. The highest BCUT2D eigenvalue weighted by atomic mass is 32.2. The lowest BCUT2D eigenvalue weighted by Crippen LogP contribution is -2.47. The second-order valence-corrected chi connectivity index (χ2v) is 6.30. The van der Waals surface area contributed by atoms with Crippen LogP contribution in [0.25, 0.3) is 0 Å². The molecule has 7 heteroatoms. The van der Waals surface area contributed by atoms with Gasteiger partial charge in [0, 0.05) is 18.3 Å². The van der Waals surface area contributed by atoms with Crippen molar-refractivity contribution in [2.45, 2.75) is 36.8 Å². The van der Waals surface area contributed by atoms with Crippen LogP contribution in [0.1, 0.15) is 19.8 Å². The SMILES string of the molecule is CCOC1CC(NS(=O)(=O)c2cc(N)cc(F)c2)C1. The first-order valence-corrected chi connectivity index (χ1v) is 7.59. The van der Waals surface area contributed by atoms with Gasteiger partial charge in [0.05, 0.1) is 11.0 Å². The Balaban J connectivity index is 2.03. The van der Waals surface area contributed by atoms with Gasteiger partial charge in [0.2, 0.25) is 10.0 Å². The van der Waals surface area contributed by atoms with Crippen LogP contribution in [0.3, 0.4) is 0 Å². The smallest absolute Gasteiger partial charge is 0.241 e. The fourth-order valence-corrected chi connectivity index (χ4v) is 3.39. The first kappa shape index (κ1) is 14.2. The maximum Gasteiger partial charge on any atom is 0.241 e. The van der Waals surface area contributed by atoms with E-state index < -0.39 is 15.8 Å². The van der Waals surface area contributed by atoms with E-state index in [9.17, 15) is 12.8 Å². The number of nitrogens with one attached hydrogen (secondary N) is 1. The molecule has 1 aliphatic carbocycles. The molecule has 1 aromatic carbocycles. The molecule has 0 spiro atoms. The molecule has 106 valence electrons. The first-order valence-electron chi connectivity index (χ1n) is 6.10. The minimum Gasteiger partial charge on any atom is -0.399 e. The van der Waals surface area contributed by atoms with Gasteiger partial charge in [-0.2, -0.15) is 0 Å². The Morgan fingerprint density at radius 3 is 2.68 bits per heavy atom. The zero-order valence-corrected chi connectivity index (χ0v) is 11.4. The average molecular weight is 288 g/mol. The summed E-state index contributed by atoms with van der Waals surface area (Å²) < 4.78 is 45.1. The Labute approximate surface area is 112 Å². The Hall–Kier alpha value is -1.18. The van der Waals surface area contributed by atoms with E-state index in [1.807, 2.05) is 6.92 Å². The average Bonchev–Trinajstić information content (AvgIpc) is 2.25. The van der Waals surface area contributed by atoms with Gasteiger partial charge in [-0.15, -0.1) is 0 Å². The molecule has 0 heterocycles. The topological polar surface area (TPSA) is 81.4 Å². The van der Waals surface area contributed by atoms with E-state index in [1.165, 1.54) is 6.07 Å². The molecule has 0 atom stereocenters. The third kappa shape index (κ3) is 3.43. The first-order chi connectivity index (χ1) is 8.90. The van der Waals surface area contributed by atoms with Crippen molar-refractivity contribution in [3.63, 3.8) is 0 Å². The molecule has 0 bridgehead atoms. The molecular formula is C12H17FN2O3S. The summed E-state index contributed by atoms with van der Waals surface area (Å²) in [6, 6.07) is 3.11. The largest absolute Gasteiger partial charge is 0.399 e. The monoisotopic (exact) mass is 288 g/mol. The van der Waals surface area contributed by atoms with Crippen LogP contribution >= 0.6 is 0 Å². The fraction of sp³-hybridized carbons (Fsp3) is 0.500. The molecule has 0 aliphatic heterocycles. The maximum absolute atomic E-state index is 13.2. The summed E-state index contributed by atoms with van der Waals surface area (Å²) in [5, 5.41) is 0. The quantitative estimate of drug-likeness (QED) is 0.799. The summed E-state index contributed by atoms with van der Waals surface area (Å²) in [6.45, 7) is 2.51. The normalized spacial score (nSPS) is 23.1. The van der Waals surface area contributed by atoms with Gasteiger partial charge in [-0.3, -0.25) is 0 Å². The molecule has 5 nitrogen and oxygen atoms in total. The second-order valence-electron chi connectivity index (χ2n) is 4.59. The van der Waals surface area contributed by atoms with Crippen molar-refractivity contribution in [3.05, 3.63) is 24.0 Å². The highest BCUT2D eigenvalue weighted by Crippen LogP contribution is 2.25. The maximum atomic E-state index is 13.2. The van der Waals surface area contributed by atoms with E-state index in [0.29, 0.717) is 19.4 Å². The zero-order chi connectivity index (χ0) is 14.0. The molecule has 1 aromatic rings. The Kier molecular flexibility index (Phi) is 4.07. The van der Waals surface area contributed by atoms with E-state index in [0.717, 1.165) is 12.1 Å². The van der Waals surface area contributed by atoms with E-state index >= 15 is 0 Å². The Morgan fingerprint density at radius 1 is 1.42 bits per heavy atom. The molecule has 1 fully saturated rings. The van der Waals surface area contributed by atoms with Crippen LogP contribution in [0.4, 0.5) is 10.1 Å². The molecule has 1 aliphatic rings. The highest BCUT2D eigenvalue weighted by Gasteiger charge is 2.33. The van der Waals surface area contributed by atoms with Crippen molar-refractivity contribution in [1.82, 2.24) is 4.72 Å². The number of anilines is 1. The molecule has 0 aromatic heterocycles. The van der Waals surface area contributed by atoms with E-state index in [2.05, 4.69) is 4.72 Å². The predicted octanol–water partition coefficient (Wildman–Crippen LogP) is 1.25. The molecule has 2 rings (SSSR count). The number of benzene rings is 1. The van der Waals surface area contributed by atoms with Gasteiger partial charge >= 0.3 is 0 Å². The van der Waals surface area contributed by atoms with Gasteiger partial charge in [-0.05, 0) is 38.0 Å². The van der Waals surface area contributed by atoms with Crippen molar-refractivity contribution in [3.8, 4) is 0 Å². The lowest BCUT2D eigenvalue weighted by molar-refractivity contribution is -0.00476. The molecule has 3 N–H and O–H groups in total. The van der Waals surface area contributed by atoms with Crippen LogP contribution in [0.2, 0.25) is 0 Å². The van der Waals surface area contributed by atoms with E-state index in [1.54, 1.807) is 0 Å². The third-order valence-electron chi connectivity index (χ3n) is 3.02. The van der Waals surface area contributed by atoms with Crippen molar-refractivity contribution >= 4 is 15.7 Å². The van der Waals surface area contributed by atoms with E-state index in [-0.39, 0.29) is 22.7 Å². The van der Waals surface area contributed by atoms with Crippen LogP contribution in [0.15, 0.2) is 23.1 Å². The summed E-state index contributed by atoms with van der Waals surface area (Å²) >= 11 is 0. The van der Waals surface area contributed by atoms with Gasteiger partial charge in [-0.1, -0.05) is 0 Å². The minimum absolute atomic E-state index is 0.0844. The molecule has 0 radical (unpaired) electrons. The van der Waals surface area contributed by atoms with Crippen molar-refractivity contribution in [2.75, 3.05) is 12.3 Å². The van der Waals surface area contributed by atoms with Crippen molar-refractivity contribution in [1.29, 1.82) is 0 Å². The van der Waals surface area contributed by atoms with Crippen LogP contribution in [-0.2, 0) is 14.8 Å². The molecule has 1 saturated carbocycles. The number of hydrogen-bond acceptors (Lipinski definition) is 4. The van der Waals surface area contributed by atoms with E-state index in [4.69, 9.17) is 10.5 Å². The van der Waals surface area contributed by atoms with Crippen LogP contribution in [0, 0.1) is 5.82 Å². The predicted molar refractivity (Wildman–Crippen MR) is 69.6 cm³/mol. The fourth-order valence-electron chi connectivity index (χ4n) is 2.06. The Bertz CT molecular complexity index is 536. The molecule has 0 amide bonds. The van der Waals surface area contributed by atoms with Gasteiger partial charge < -0.3 is 10.5 Å². The number of sulfonamides is 1. The Morgan fingerprint density at radius 2 is 2.11 bits per heavy atom. The lowest BCUT2D eigenvalue weighted by Gasteiger charge is -2.35. The number of nitrogen functional groups attached to an aromatic ring is 1. The number of hydrogen-bond donors (Lipinski definition) is 2. The molecular weight excluding hydrogens is 271 g/mol. The minimum atomic E-state index is -3.73. The van der Waals surface area contributed by atoms with Crippen LogP contribution in [-0.4, -0.2) is 27.2 Å². The number of halogens is 1. The summed E-state index contributed by atoms with van der Waals surface area (Å²) in [5.74, 6) is -0.666. The summed E-state index contributed by atoms with van der Waals surface area (Å²) in [7, 11) is -3.73. The van der Waals surface area contributed by atoms with Crippen LogP contribution < -0.4 is 10.5 Å². The number of nitrogens with two attached hydrogens (primary N) is 1. The van der Waals surface area contributed by atoms with Gasteiger partial charge in [0.25, 0.3) is 0 Å². The lowest BCUT2D eigenvalue weighted by atomic mass is 9.90. The molecule has 0 saturated heterocycles. The summed E-state index contributed by atoms with van der Waals surface area (Å²) in [6.07, 6.45) is 1.38. The van der Waals surface area contributed by atoms with Gasteiger partial charge in [-0.25, -0.2) is 17.5 Å². The second kappa shape index (κ2) is 5.44. The number of ether oxygens (including phenoxy) is 1.